The zero-order valence-corrected chi connectivity index (χ0v) is 9.64. The van der Waals surface area contributed by atoms with Crippen LogP contribution in [0, 0.1) is 6.92 Å². The van der Waals surface area contributed by atoms with Gasteiger partial charge in [0.05, 0.1) is 18.1 Å². The van der Waals surface area contributed by atoms with Crippen molar-refractivity contribution >= 4 is 11.8 Å². The quantitative estimate of drug-likeness (QED) is 0.739. The van der Waals surface area contributed by atoms with E-state index in [2.05, 4.69) is 6.92 Å². The second-order valence-corrected chi connectivity index (χ2v) is 4.68. The van der Waals surface area contributed by atoms with Gasteiger partial charge in [0.1, 0.15) is 5.76 Å². The fourth-order valence-corrected chi connectivity index (χ4v) is 2.19. The number of furan rings is 1. The third-order valence-electron chi connectivity index (χ3n) is 2.11. The van der Waals surface area contributed by atoms with Gasteiger partial charge in [0.15, 0.2) is 0 Å². The lowest BCUT2D eigenvalue weighted by Crippen LogP contribution is -1.99. The van der Waals surface area contributed by atoms with Crippen LogP contribution in [0.5, 0.6) is 0 Å². The lowest BCUT2D eigenvalue weighted by Gasteiger charge is -2.03. The Morgan fingerprint density at radius 2 is 2.36 bits per heavy atom. The van der Waals surface area contributed by atoms with Crippen molar-refractivity contribution in [3.63, 3.8) is 0 Å². The molecule has 0 bridgehead atoms. The molecule has 14 heavy (non-hydrogen) atoms. The van der Waals surface area contributed by atoms with Gasteiger partial charge in [-0.05, 0) is 44.1 Å². The maximum absolute atomic E-state index is 9.05. The van der Waals surface area contributed by atoms with Gasteiger partial charge < -0.3 is 9.52 Å². The summed E-state index contributed by atoms with van der Waals surface area (Å²) in [5, 5.41) is 9.05. The number of hydrogen-bond donors (Lipinski definition) is 1. The minimum absolute atomic E-state index is 0.166. The molecule has 1 aromatic rings. The highest BCUT2D eigenvalue weighted by Gasteiger charge is 2.01. The molecule has 1 unspecified atom stereocenters. The van der Waals surface area contributed by atoms with Crippen LogP contribution in [0.1, 0.15) is 31.1 Å². The van der Waals surface area contributed by atoms with Crippen molar-refractivity contribution in [3.8, 4) is 0 Å². The van der Waals surface area contributed by atoms with E-state index in [1.807, 2.05) is 24.8 Å². The van der Waals surface area contributed by atoms with E-state index in [0.717, 1.165) is 30.1 Å². The minimum Gasteiger partial charge on any atom is -0.468 e. The maximum atomic E-state index is 9.05. The Morgan fingerprint density at radius 1 is 1.57 bits per heavy atom. The molecule has 0 saturated carbocycles. The first kappa shape index (κ1) is 11.7. The van der Waals surface area contributed by atoms with Crippen molar-refractivity contribution in [1.82, 2.24) is 0 Å². The van der Waals surface area contributed by atoms with Gasteiger partial charge in [-0.3, -0.25) is 0 Å². The zero-order valence-electron chi connectivity index (χ0n) is 8.82. The lowest BCUT2D eigenvalue weighted by atomic mass is 10.2. The highest BCUT2D eigenvalue weighted by molar-refractivity contribution is 7.98. The summed E-state index contributed by atoms with van der Waals surface area (Å²) in [5.41, 5.74) is 1.23. The Balaban J connectivity index is 2.08. The van der Waals surface area contributed by atoms with E-state index >= 15 is 0 Å². The van der Waals surface area contributed by atoms with Gasteiger partial charge in [0.25, 0.3) is 0 Å². The summed E-state index contributed by atoms with van der Waals surface area (Å²) in [6.45, 7) is 3.90. The predicted octanol–water partition coefficient (Wildman–Crippen LogP) is 2.98. The van der Waals surface area contributed by atoms with Crippen LogP contribution in [0.2, 0.25) is 0 Å². The number of aliphatic hydroxyl groups is 1. The summed E-state index contributed by atoms with van der Waals surface area (Å²) in [6, 6.07) is 1.99. The molecular weight excluding hydrogens is 196 g/mol. The summed E-state index contributed by atoms with van der Waals surface area (Å²) in [5.74, 6) is 3.11. The van der Waals surface area contributed by atoms with E-state index in [4.69, 9.17) is 9.52 Å². The summed E-state index contributed by atoms with van der Waals surface area (Å²) in [4.78, 5) is 0. The zero-order chi connectivity index (χ0) is 10.4. The van der Waals surface area contributed by atoms with Crippen molar-refractivity contribution in [2.24, 2.45) is 0 Å². The molecule has 0 saturated heterocycles. The second kappa shape index (κ2) is 6.14. The molecule has 1 heterocycles. The highest BCUT2D eigenvalue weighted by atomic mass is 32.2. The summed E-state index contributed by atoms with van der Waals surface area (Å²) in [6.07, 6.45) is 3.54. The second-order valence-electron chi connectivity index (χ2n) is 3.57. The maximum Gasteiger partial charge on any atom is 0.116 e. The molecule has 1 aromatic heterocycles. The first-order valence-electron chi connectivity index (χ1n) is 4.99. The Labute approximate surface area is 89.7 Å². The SMILES string of the molecule is Cc1ccoc1CSCCCC(C)O. The first-order chi connectivity index (χ1) is 6.70. The largest absolute Gasteiger partial charge is 0.468 e. The molecule has 1 N–H and O–H groups in total. The van der Waals surface area contributed by atoms with Gasteiger partial charge in [-0.15, -0.1) is 0 Å². The molecule has 2 nitrogen and oxygen atoms in total. The average molecular weight is 214 g/mol. The fourth-order valence-electron chi connectivity index (χ4n) is 1.20. The van der Waals surface area contributed by atoms with Crippen LogP contribution in [0.3, 0.4) is 0 Å². The number of thioether (sulfide) groups is 1. The molecule has 1 atom stereocenters. The van der Waals surface area contributed by atoms with Crippen LogP contribution < -0.4 is 0 Å². The van der Waals surface area contributed by atoms with Crippen LogP contribution in [0.25, 0.3) is 0 Å². The van der Waals surface area contributed by atoms with Crippen LogP contribution in [-0.2, 0) is 5.75 Å². The van der Waals surface area contributed by atoms with Gasteiger partial charge in [-0.25, -0.2) is 0 Å². The molecule has 1 rings (SSSR count). The van der Waals surface area contributed by atoms with E-state index < -0.39 is 0 Å². The normalized spacial score (nSPS) is 13.1. The van der Waals surface area contributed by atoms with E-state index in [-0.39, 0.29) is 6.10 Å². The molecular formula is C11H18O2S. The van der Waals surface area contributed by atoms with Gasteiger partial charge in [-0.2, -0.15) is 11.8 Å². The highest BCUT2D eigenvalue weighted by Crippen LogP contribution is 2.18. The summed E-state index contributed by atoms with van der Waals surface area (Å²) in [7, 11) is 0. The van der Waals surface area contributed by atoms with Crippen LogP contribution >= 0.6 is 11.8 Å². The van der Waals surface area contributed by atoms with E-state index in [1.165, 1.54) is 5.56 Å². The van der Waals surface area contributed by atoms with Crippen molar-refractivity contribution < 1.29 is 9.52 Å². The Bertz CT molecular complexity index is 256. The standard InChI is InChI=1S/C11H18O2S/c1-9-5-6-13-11(9)8-14-7-3-4-10(2)12/h5-6,10,12H,3-4,7-8H2,1-2H3. The fraction of sp³-hybridized carbons (Fsp3) is 0.636. The first-order valence-corrected chi connectivity index (χ1v) is 6.14. The third kappa shape index (κ3) is 4.20. The molecule has 0 amide bonds. The molecule has 0 aromatic carbocycles. The van der Waals surface area contributed by atoms with Gasteiger partial charge in [0, 0.05) is 0 Å². The van der Waals surface area contributed by atoms with Crippen molar-refractivity contribution in [2.75, 3.05) is 5.75 Å². The molecule has 0 spiro atoms. The molecule has 80 valence electrons. The minimum atomic E-state index is -0.166. The molecule has 0 radical (unpaired) electrons. The molecule has 3 heteroatoms. The summed E-state index contributed by atoms with van der Waals surface area (Å²) >= 11 is 1.86. The van der Waals surface area contributed by atoms with E-state index in [1.54, 1.807) is 6.26 Å². The van der Waals surface area contributed by atoms with Gasteiger partial charge in [-0.1, -0.05) is 0 Å². The molecule has 0 fully saturated rings. The monoisotopic (exact) mass is 214 g/mol. The van der Waals surface area contributed by atoms with E-state index in [9.17, 15) is 0 Å². The predicted molar refractivity (Wildman–Crippen MR) is 60.5 cm³/mol. The van der Waals surface area contributed by atoms with Crippen molar-refractivity contribution in [3.05, 3.63) is 23.7 Å². The van der Waals surface area contributed by atoms with Crippen LogP contribution in [0.4, 0.5) is 0 Å². The Kier molecular flexibility index (Phi) is 5.12. The third-order valence-corrected chi connectivity index (χ3v) is 3.16. The topological polar surface area (TPSA) is 33.4 Å². The Hall–Kier alpha value is -0.410. The van der Waals surface area contributed by atoms with Gasteiger partial charge >= 0.3 is 0 Å². The number of rotatable bonds is 6. The van der Waals surface area contributed by atoms with Crippen LogP contribution in [-0.4, -0.2) is 17.0 Å². The van der Waals surface area contributed by atoms with Gasteiger partial charge in [0.2, 0.25) is 0 Å². The average Bonchev–Trinajstić information content (AvgIpc) is 2.51. The molecule has 0 aliphatic heterocycles. The number of hydrogen-bond acceptors (Lipinski definition) is 3. The van der Waals surface area contributed by atoms with Crippen molar-refractivity contribution in [1.29, 1.82) is 0 Å². The smallest absolute Gasteiger partial charge is 0.116 e. The Morgan fingerprint density at radius 3 is 2.93 bits per heavy atom. The van der Waals surface area contributed by atoms with Crippen LogP contribution in [0.15, 0.2) is 16.7 Å². The number of aliphatic hydroxyl groups excluding tert-OH is 1. The molecule has 0 aliphatic carbocycles. The summed E-state index contributed by atoms with van der Waals surface area (Å²) < 4.78 is 5.32. The van der Waals surface area contributed by atoms with E-state index in [0.29, 0.717) is 0 Å². The molecule has 0 aliphatic rings. The van der Waals surface area contributed by atoms with Crippen molar-refractivity contribution in [2.45, 2.75) is 38.5 Å². The number of aryl methyl sites for hydroxylation is 1. The lowest BCUT2D eigenvalue weighted by molar-refractivity contribution is 0.184.